The highest BCUT2D eigenvalue weighted by Crippen LogP contribution is 2.12. The third-order valence-corrected chi connectivity index (χ3v) is 2.67. The lowest BCUT2D eigenvalue weighted by Gasteiger charge is -2.10. The Balaban J connectivity index is 2.23. The van der Waals surface area contributed by atoms with Gasteiger partial charge < -0.3 is 15.7 Å². The maximum atomic E-state index is 11.5. The SMILES string of the molecule is CCCC(O)CNCC(=O)Nc1ccc(Cl)cc1. The number of halogens is 1. The first kappa shape index (κ1) is 15.0. The lowest BCUT2D eigenvalue weighted by Crippen LogP contribution is -2.33. The molecule has 0 spiro atoms. The van der Waals surface area contributed by atoms with Crippen LogP contribution in [0.5, 0.6) is 0 Å². The zero-order chi connectivity index (χ0) is 13.4. The van der Waals surface area contributed by atoms with E-state index in [1.165, 1.54) is 0 Å². The number of aliphatic hydroxyl groups excluding tert-OH is 1. The quantitative estimate of drug-likeness (QED) is 0.710. The molecule has 1 amide bonds. The van der Waals surface area contributed by atoms with Crippen molar-refractivity contribution < 1.29 is 9.90 Å². The van der Waals surface area contributed by atoms with Crippen molar-refractivity contribution in [3.05, 3.63) is 29.3 Å². The van der Waals surface area contributed by atoms with Gasteiger partial charge >= 0.3 is 0 Å². The Morgan fingerprint density at radius 2 is 2.06 bits per heavy atom. The highest BCUT2D eigenvalue weighted by molar-refractivity contribution is 6.30. The average Bonchev–Trinajstić information content (AvgIpc) is 2.32. The van der Waals surface area contributed by atoms with Crippen molar-refractivity contribution in [3.63, 3.8) is 0 Å². The minimum Gasteiger partial charge on any atom is -0.392 e. The Labute approximate surface area is 112 Å². The third-order valence-electron chi connectivity index (χ3n) is 2.42. The summed E-state index contributed by atoms with van der Waals surface area (Å²) in [5, 5.41) is 15.8. The number of anilines is 1. The Bertz CT molecular complexity index is 368. The molecule has 100 valence electrons. The standard InChI is InChI=1S/C13H19ClN2O2/c1-2-3-12(17)8-15-9-13(18)16-11-6-4-10(14)5-7-11/h4-7,12,15,17H,2-3,8-9H2,1H3,(H,16,18). The third kappa shape index (κ3) is 6.00. The molecule has 0 radical (unpaired) electrons. The summed E-state index contributed by atoms with van der Waals surface area (Å²) in [5.41, 5.74) is 0.709. The van der Waals surface area contributed by atoms with Gasteiger partial charge in [-0.2, -0.15) is 0 Å². The zero-order valence-electron chi connectivity index (χ0n) is 10.4. The molecular weight excluding hydrogens is 252 g/mol. The molecule has 0 aliphatic rings. The van der Waals surface area contributed by atoms with E-state index in [-0.39, 0.29) is 12.5 Å². The number of hydrogen-bond acceptors (Lipinski definition) is 3. The van der Waals surface area contributed by atoms with Crippen LogP contribution in [-0.2, 0) is 4.79 Å². The maximum Gasteiger partial charge on any atom is 0.238 e. The molecule has 0 aliphatic heterocycles. The van der Waals surface area contributed by atoms with Crippen LogP contribution >= 0.6 is 11.6 Å². The van der Waals surface area contributed by atoms with Gasteiger partial charge in [-0.15, -0.1) is 0 Å². The van der Waals surface area contributed by atoms with Crippen LogP contribution in [0.3, 0.4) is 0 Å². The Morgan fingerprint density at radius 3 is 2.67 bits per heavy atom. The molecule has 1 aromatic rings. The van der Waals surface area contributed by atoms with Crippen LogP contribution in [0.2, 0.25) is 5.02 Å². The number of benzene rings is 1. The van der Waals surface area contributed by atoms with Gasteiger partial charge in [-0.3, -0.25) is 4.79 Å². The van der Waals surface area contributed by atoms with Crippen molar-refractivity contribution >= 4 is 23.2 Å². The predicted octanol–water partition coefficient (Wildman–Crippen LogP) is 2.03. The second-order valence-electron chi connectivity index (χ2n) is 4.13. The van der Waals surface area contributed by atoms with E-state index in [0.717, 1.165) is 12.8 Å². The van der Waals surface area contributed by atoms with Crippen LogP contribution in [0, 0.1) is 0 Å². The number of aliphatic hydroxyl groups is 1. The Hall–Kier alpha value is -1.10. The van der Waals surface area contributed by atoms with Crippen LogP contribution in [0.15, 0.2) is 24.3 Å². The van der Waals surface area contributed by atoms with E-state index in [2.05, 4.69) is 10.6 Å². The van der Waals surface area contributed by atoms with Gasteiger partial charge in [0.1, 0.15) is 0 Å². The molecule has 0 fully saturated rings. The summed E-state index contributed by atoms with van der Waals surface area (Å²) in [6.07, 6.45) is 1.28. The van der Waals surface area contributed by atoms with Crippen molar-refractivity contribution in [3.8, 4) is 0 Å². The Kier molecular flexibility index (Phi) is 6.72. The summed E-state index contributed by atoms with van der Waals surface area (Å²) in [5.74, 6) is -0.138. The molecule has 0 bridgehead atoms. The van der Waals surface area contributed by atoms with E-state index in [9.17, 15) is 9.90 Å². The normalized spacial score (nSPS) is 12.2. The number of amides is 1. The van der Waals surface area contributed by atoms with E-state index in [1.54, 1.807) is 24.3 Å². The number of hydrogen-bond donors (Lipinski definition) is 3. The minimum atomic E-state index is -0.390. The fraction of sp³-hybridized carbons (Fsp3) is 0.462. The summed E-state index contributed by atoms with van der Waals surface area (Å²) in [6.45, 7) is 2.63. The van der Waals surface area contributed by atoms with Crippen LogP contribution < -0.4 is 10.6 Å². The average molecular weight is 271 g/mol. The summed E-state index contributed by atoms with van der Waals surface area (Å²) in [6, 6.07) is 6.92. The molecule has 0 heterocycles. The highest BCUT2D eigenvalue weighted by atomic mass is 35.5. The molecule has 0 saturated heterocycles. The molecule has 3 N–H and O–H groups in total. The van der Waals surface area contributed by atoms with Gasteiger partial charge in [0.05, 0.1) is 12.6 Å². The number of nitrogens with one attached hydrogen (secondary N) is 2. The molecular formula is C13H19ClN2O2. The lowest BCUT2D eigenvalue weighted by molar-refractivity contribution is -0.115. The van der Waals surface area contributed by atoms with Crippen LogP contribution in [0.1, 0.15) is 19.8 Å². The summed E-state index contributed by atoms with van der Waals surface area (Å²) < 4.78 is 0. The molecule has 0 saturated carbocycles. The highest BCUT2D eigenvalue weighted by Gasteiger charge is 2.05. The first-order valence-corrected chi connectivity index (χ1v) is 6.43. The first-order valence-electron chi connectivity index (χ1n) is 6.06. The van der Waals surface area contributed by atoms with Crippen molar-refractivity contribution in [2.75, 3.05) is 18.4 Å². The zero-order valence-corrected chi connectivity index (χ0v) is 11.2. The molecule has 0 aromatic heterocycles. The Morgan fingerprint density at radius 1 is 1.39 bits per heavy atom. The molecule has 1 rings (SSSR count). The molecule has 1 unspecified atom stereocenters. The maximum absolute atomic E-state index is 11.5. The summed E-state index contributed by atoms with van der Waals surface area (Å²) in [7, 11) is 0. The smallest absolute Gasteiger partial charge is 0.238 e. The van der Waals surface area contributed by atoms with Crippen molar-refractivity contribution in [1.82, 2.24) is 5.32 Å². The molecule has 18 heavy (non-hydrogen) atoms. The van der Waals surface area contributed by atoms with Crippen LogP contribution in [0.4, 0.5) is 5.69 Å². The topological polar surface area (TPSA) is 61.4 Å². The van der Waals surface area contributed by atoms with Gasteiger partial charge in [0.15, 0.2) is 0 Å². The summed E-state index contributed by atoms with van der Waals surface area (Å²) >= 11 is 5.74. The van der Waals surface area contributed by atoms with Gasteiger partial charge in [0, 0.05) is 17.3 Å². The van der Waals surface area contributed by atoms with Gasteiger partial charge in [0.25, 0.3) is 0 Å². The van der Waals surface area contributed by atoms with Crippen LogP contribution in [0.25, 0.3) is 0 Å². The second kappa shape index (κ2) is 8.08. The van der Waals surface area contributed by atoms with Crippen molar-refractivity contribution in [1.29, 1.82) is 0 Å². The second-order valence-corrected chi connectivity index (χ2v) is 4.56. The monoisotopic (exact) mass is 270 g/mol. The fourth-order valence-corrected chi connectivity index (χ4v) is 1.65. The van der Waals surface area contributed by atoms with Gasteiger partial charge in [-0.25, -0.2) is 0 Å². The summed E-state index contributed by atoms with van der Waals surface area (Å²) in [4.78, 5) is 11.5. The predicted molar refractivity (Wildman–Crippen MR) is 73.9 cm³/mol. The van der Waals surface area contributed by atoms with Crippen molar-refractivity contribution in [2.24, 2.45) is 0 Å². The largest absolute Gasteiger partial charge is 0.392 e. The number of carbonyl (C=O) groups excluding carboxylic acids is 1. The van der Waals surface area contributed by atoms with Gasteiger partial charge in [-0.05, 0) is 30.7 Å². The molecule has 0 aliphatic carbocycles. The number of carbonyl (C=O) groups is 1. The van der Waals surface area contributed by atoms with E-state index < -0.39 is 6.10 Å². The van der Waals surface area contributed by atoms with Crippen molar-refractivity contribution in [2.45, 2.75) is 25.9 Å². The van der Waals surface area contributed by atoms with E-state index >= 15 is 0 Å². The minimum absolute atomic E-state index is 0.138. The van der Waals surface area contributed by atoms with E-state index in [4.69, 9.17) is 11.6 Å². The van der Waals surface area contributed by atoms with E-state index in [0.29, 0.717) is 17.3 Å². The molecule has 5 heteroatoms. The molecule has 1 aromatic carbocycles. The van der Waals surface area contributed by atoms with Gasteiger partial charge in [0.2, 0.25) is 5.91 Å². The number of rotatable bonds is 7. The van der Waals surface area contributed by atoms with Crippen LogP contribution in [-0.4, -0.2) is 30.2 Å². The lowest BCUT2D eigenvalue weighted by atomic mass is 10.2. The molecule has 1 atom stereocenters. The fourth-order valence-electron chi connectivity index (χ4n) is 1.53. The van der Waals surface area contributed by atoms with E-state index in [1.807, 2.05) is 6.92 Å². The van der Waals surface area contributed by atoms with Gasteiger partial charge in [-0.1, -0.05) is 24.9 Å². The molecule has 4 nitrogen and oxygen atoms in total. The first-order chi connectivity index (χ1) is 8.61.